The van der Waals surface area contributed by atoms with E-state index in [9.17, 15) is 9.59 Å². The van der Waals surface area contributed by atoms with Crippen LogP contribution in [0.15, 0.2) is 72.8 Å². The molecule has 3 aromatic rings. The molecule has 0 aromatic heterocycles. The SMILES string of the molecule is O=C(/C=C/c1ccc(Cl)cc1Cl)OCc1ccc(COC(=O)/C=C/c2ccc(Cl)cc2Cl)cc1. The van der Waals surface area contributed by atoms with Crippen LogP contribution in [-0.2, 0) is 32.3 Å². The van der Waals surface area contributed by atoms with Gasteiger partial charge in [-0.2, -0.15) is 0 Å². The molecule has 0 radical (unpaired) electrons. The van der Waals surface area contributed by atoms with Crippen LogP contribution in [0.2, 0.25) is 20.1 Å². The number of esters is 2. The van der Waals surface area contributed by atoms with Gasteiger partial charge in [-0.25, -0.2) is 9.59 Å². The standard InChI is InChI=1S/C26H18Cl4O4/c27-21-9-5-19(23(29)13-21)7-11-25(31)33-15-17-1-2-18(4-3-17)16-34-26(32)12-8-20-6-10-22(28)14-24(20)30/h1-14H,15-16H2/b11-7+,12-8+. The van der Waals surface area contributed by atoms with E-state index in [-0.39, 0.29) is 13.2 Å². The Labute approximate surface area is 217 Å². The minimum absolute atomic E-state index is 0.0994. The van der Waals surface area contributed by atoms with E-state index in [4.69, 9.17) is 55.9 Å². The quantitative estimate of drug-likeness (QED) is 0.218. The molecule has 0 aliphatic carbocycles. The lowest BCUT2D eigenvalue weighted by atomic mass is 10.1. The Hall–Kier alpha value is -2.76. The van der Waals surface area contributed by atoms with E-state index < -0.39 is 11.9 Å². The Morgan fingerprint density at radius 2 is 1.00 bits per heavy atom. The average molecular weight is 536 g/mol. The highest BCUT2D eigenvalue weighted by Gasteiger charge is 2.04. The first kappa shape index (κ1) is 25.9. The Bertz CT molecular complexity index is 1140. The summed E-state index contributed by atoms with van der Waals surface area (Å²) in [6, 6.07) is 17.1. The molecule has 3 aromatic carbocycles. The number of hydrogen-bond acceptors (Lipinski definition) is 4. The third-order valence-electron chi connectivity index (χ3n) is 4.51. The van der Waals surface area contributed by atoms with E-state index in [0.29, 0.717) is 31.2 Å². The minimum Gasteiger partial charge on any atom is -0.458 e. The first-order valence-corrected chi connectivity index (χ1v) is 11.5. The molecule has 4 nitrogen and oxygen atoms in total. The van der Waals surface area contributed by atoms with Crippen LogP contribution in [0.4, 0.5) is 0 Å². The third-order valence-corrected chi connectivity index (χ3v) is 5.63. The molecule has 0 heterocycles. The predicted octanol–water partition coefficient (Wildman–Crippen LogP) is 7.81. The lowest BCUT2D eigenvalue weighted by Crippen LogP contribution is -2.02. The van der Waals surface area contributed by atoms with Gasteiger partial charge in [0.15, 0.2) is 0 Å². The molecule has 0 bridgehead atoms. The van der Waals surface area contributed by atoms with Crippen molar-refractivity contribution in [3.63, 3.8) is 0 Å². The van der Waals surface area contributed by atoms with Crippen LogP contribution < -0.4 is 0 Å². The highest BCUT2D eigenvalue weighted by Crippen LogP contribution is 2.23. The van der Waals surface area contributed by atoms with Gasteiger partial charge in [-0.1, -0.05) is 82.8 Å². The number of benzene rings is 3. The summed E-state index contributed by atoms with van der Waals surface area (Å²) in [7, 11) is 0. The number of halogens is 4. The molecule has 3 rings (SSSR count). The smallest absolute Gasteiger partial charge is 0.331 e. The van der Waals surface area contributed by atoms with E-state index >= 15 is 0 Å². The summed E-state index contributed by atoms with van der Waals surface area (Å²) in [4.78, 5) is 23.9. The molecule has 0 aliphatic heterocycles. The summed E-state index contributed by atoms with van der Waals surface area (Å²) in [6.45, 7) is 0.199. The molecule has 0 atom stereocenters. The molecule has 0 saturated carbocycles. The van der Waals surface area contributed by atoms with E-state index in [1.54, 1.807) is 72.8 Å². The highest BCUT2D eigenvalue weighted by atomic mass is 35.5. The van der Waals surface area contributed by atoms with Crippen LogP contribution in [0, 0.1) is 0 Å². The topological polar surface area (TPSA) is 52.6 Å². The Morgan fingerprint density at radius 3 is 1.35 bits per heavy atom. The first-order valence-electron chi connectivity index (χ1n) is 9.98. The zero-order valence-corrected chi connectivity index (χ0v) is 20.7. The Balaban J connectivity index is 1.44. The first-order chi connectivity index (χ1) is 16.3. The molecule has 174 valence electrons. The second-order valence-electron chi connectivity index (χ2n) is 7.03. The van der Waals surface area contributed by atoms with Gasteiger partial charge in [0.2, 0.25) is 0 Å². The van der Waals surface area contributed by atoms with Crippen LogP contribution in [-0.4, -0.2) is 11.9 Å². The minimum atomic E-state index is -0.503. The maximum absolute atomic E-state index is 12.0. The van der Waals surface area contributed by atoms with E-state index in [0.717, 1.165) is 11.1 Å². The third kappa shape index (κ3) is 8.23. The van der Waals surface area contributed by atoms with Gasteiger partial charge >= 0.3 is 11.9 Å². The van der Waals surface area contributed by atoms with Crippen molar-refractivity contribution in [2.45, 2.75) is 13.2 Å². The van der Waals surface area contributed by atoms with Crippen LogP contribution in [0.5, 0.6) is 0 Å². The lowest BCUT2D eigenvalue weighted by molar-refractivity contribution is -0.139. The number of rotatable bonds is 8. The second kappa shape index (κ2) is 12.6. The van der Waals surface area contributed by atoms with Crippen molar-refractivity contribution in [3.05, 3.63) is 115 Å². The molecule has 34 heavy (non-hydrogen) atoms. The summed E-state index contributed by atoms with van der Waals surface area (Å²) in [6.07, 6.45) is 5.73. The van der Waals surface area contributed by atoms with Crippen LogP contribution >= 0.6 is 46.4 Å². The van der Waals surface area contributed by atoms with Crippen molar-refractivity contribution in [1.82, 2.24) is 0 Å². The maximum atomic E-state index is 12.0. The summed E-state index contributed by atoms with van der Waals surface area (Å²) in [5.41, 5.74) is 2.90. The van der Waals surface area contributed by atoms with Crippen molar-refractivity contribution in [2.75, 3.05) is 0 Å². The summed E-state index contributed by atoms with van der Waals surface area (Å²) in [5, 5.41) is 1.92. The van der Waals surface area contributed by atoms with Gasteiger partial charge in [0, 0.05) is 32.2 Å². The van der Waals surface area contributed by atoms with Gasteiger partial charge in [-0.05, 0) is 58.7 Å². The molecule has 0 saturated heterocycles. The van der Waals surface area contributed by atoms with Gasteiger partial charge < -0.3 is 9.47 Å². The highest BCUT2D eigenvalue weighted by molar-refractivity contribution is 6.36. The molecule has 0 fully saturated rings. The van der Waals surface area contributed by atoms with Crippen molar-refractivity contribution in [3.8, 4) is 0 Å². The molecule has 8 heteroatoms. The van der Waals surface area contributed by atoms with Crippen LogP contribution in [0.25, 0.3) is 12.2 Å². The van der Waals surface area contributed by atoms with Gasteiger partial charge in [-0.15, -0.1) is 0 Å². The zero-order chi connectivity index (χ0) is 24.5. The van der Waals surface area contributed by atoms with Crippen LogP contribution in [0.1, 0.15) is 22.3 Å². The average Bonchev–Trinajstić information content (AvgIpc) is 2.81. The molecule has 0 N–H and O–H groups in total. The molecular weight excluding hydrogens is 518 g/mol. The van der Waals surface area contributed by atoms with E-state index in [1.165, 1.54) is 12.2 Å². The summed E-state index contributed by atoms with van der Waals surface area (Å²) < 4.78 is 10.5. The van der Waals surface area contributed by atoms with Crippen molar-refractivity contribution >= 4 is 70.5 Å². The maximum Gasteiger partial charge on any atom is 0.331 e. The van der Waals surface area contributed by atoms with Crippen molar-refractivity contribution in [1.29, 1.82) is 0 Å². The summed E-state index contributed by atoms with van der Waals surface area (Å²) >= 11 is 23.8. The molecular formula is C26H18Cl4O4. The number of hydrogen-bond donors (Lipinski definition) is 0. The fraction of sp³-hybridized carbons (Fsp3) is 0.0769. The van der Waals surface area contributed by atoms with Gasteiger partial charge in [0.1, 0.15) is 13.2 Å². The van der Waals surface area contributed by atoms with Gasteiger partial charge in [0.25, 0.3) is 0 Å². The van der Waals surface area contributed by atoms with Crippen molar-refractivity contribution < 1.29 is 19.1 Å². The fourth-order valence-electron chi connectivity index (χ4n) is 2.73. The van der Waals surface area contributed by atoms with Gasteiger partial charge in [-0.3, -0.25) is 0 Å². The molecule has 0 unspecified atom stereocenters. The second-order valence-corrected chi connectivity index (χ2v) is 8.72. The molecule has 0 amide bonds. The number of ether oxygens (including phenoxy) is 2. The normalized spacial score (nSPS) is 11.2. The molecule has 0 aliphatic rings. The fourth-order valence-corrected chi connectivity index (χ4v) is 3.67. The zero-order valence-electron chi connectivity index (χ0n) is 17.6. The van der Waals surface area contributed by atoms with Crippen LogP contribution in [0.3, 0.4) is 0 Å². The monoisotopic (exact) mass is 534 g/mol. The molecule has 0 spiro atoms. The van der Waals surface area contributed by atoms with E-state index in [1.807, 2.05) is 0 Å². The number of carbonyl (C=O) groups excluding carboxylic acids is 2. The summed E-state index contributed by atoms with van der Waals surface area (Å²) in [5.74, 6) is -1.01. The lowest BCUT2D eigenvalue weighted by Gasteiger charge is -2.06. The number of carbonyl (C=O) groups is 2. The predicted molar refractivity (Wildman–Crippen MR) is 137 cm³/mol. The largest absolute Gasteiger partial charge is 0.458 e. The van der Waals surface area contributed by atoms with E-state index in [2.05, 4.69) is 0 Å². The van der Waals surface area contributed by atoms with Crippen molar-refractivity contribution in [2.24, 2.45) is 0 Å². The Morgan fingerprint density at radius 1 is 0.618 bits per heavy atom. The van der Waals surface area contributed by atoms with Gasteiger partial charge in [0.05, 0.1) is 0 Å². The Kier molecular flexibility index (Phi) is 9.61.